The molecule has 5 heteroatoms. The van der Waals surface area contributed by atoms with Gasteiger partial charge in [-0.3, -0.25) is 4.90 Å². The van der Waals surface area contributed by atoms with Gasteiger partial charge in [-0.15, -0.1) is 0 Å². The van der Waals surface area contributed by atoms with Crippen LogP contribution >= 0.6 is 15.9 Å². The summed E-state index contributed by atoms with van der Waals surface area (Å²) in [6.07, 6.45) is 0.0692. The van der Waals surface area contributed by atoms with Gasteiger partial charge < -0.3 is 15.3 Å². The molecule has 1 aromatic carbocycles. The van der Waals surface area contributed by atoms with Gasteiger partial charge in [0.05, 0.1) is 19.3 Å². The van der Waals surface area contributed by atoms with Crippen molar-refractivity contribution in [2.75, 3.05) is 32.8 Å². The lowest BCUT2D eigenvalue weighted by molar-refractivity contribution is 0.118. The fourth-order valence-corrected chi connectivity index (χ4v) is 2.04. The van der Waals surface area contributed by atoms with Crippen LogP contribution in [-0.4, -0.2) is 53.1 Å². The highest BCUT2D eigenvalue weighted by Crippen LogP contribution is 2.19. The maximum absolute atomic E-state index is 10.0. The molecule has 102 valence electrons. The molecule has 0 radical (unpaired) electrons. The van der Waals surface area contributed by atoms with Crippen LogP contribution in [0, 0.1) is 0 Å². The first-order chi connectivity index (χ1) is 8.67. The van der Waals surface area contributed by atoms with Crippen molar-refractivity contribution in [3.63, 3.8) is 0 Å². The third-order valence-electron chi connectivity index (χ3n) is 2.81. The summed E-state index contributed by atoms with van der Waals surface area (Å²) in [5, 5.41) is 27.8. The molecule has 0 aliphatic carbocycles. The third-order valence-corrected chi connectivity index (χ3v) is 3.33. The van der Waals surface area contributed by atoms with Crippen molar-refractivity contribution >= 4 is 15.9 Å². The van der Waals surface area contributed by atoms with Gasteiger partial charge in [-0.05, 0) is 24.1 Å². The van der Waals surface area contributed by atoms with Crippen molar-refractivity contribution in [1.29, 1.82) is 0 Å². The minimum absolute atomic E-state index is 0.0639. The SMILES string of the molecule is OCCN(CCO)CCC(O)c1ccc(Br)cc1. The fraction of sp³-hybridized carbons (Fsp3) is 0.538. The number of nitrogens with zero attached hydrogens (tertiary/aromatic N) is 1. The Morgan fingerprint density at radius 3 is 2.06 bits per heavy atom. The van der Waals surface area contributed by atoms with Gasteiger partial charge >= 0.3 is 0 Å². The lowest BCUT2D eigenvalue weighted by atomic mass is 10.1. The number of halogens is 1. The molecule has 0 fully saturated rings. The van der Waals surface area contributed by atoms with Crippen LogP contribution in [0.3, 0.4) is 0 Å². The Morgan fingerprint density at radius 1 is 1.00 bits per heavy atom. The van der Waals surface area contributed by atoms with E-state index in [1.54, 1.807) is 0 Å². The number of benzene rings is 1. The molecule has 0 aromatic heterocycles. The lowest BCUT2D eigenvalue weighted by Crippen LogP contribution is -2.31. The second-order valence-corrected chi connectivity index (χ2v) is 5.06. The van der Waals surface area contributed by atoms with E-state index in [-0.39, 0.29) is 13.2 Å². The first-order valence-electron chi connectivity index (χ1n) is 6.05. The highest BCUT2D eigenvalue weighted by molar-refractivity contribution is 9.10. The molecule has 1 atom stereocenters. The van der Waals surface area contributed by atoms with E-state index in [1.807, 2.05) is 29.2 Å². The van der Waals surface area contributed by atoms with Crippen LogP contribution in [-0.2, 0) is 0 Å². The van der Waals surface area contributed by atoms with E-state index in [0.717, 1.165) is 10.0 Å². The number of aliphatic hydroxyl groups is 3. The number of hydrogen-bond acceptors (Lipinski definition) is 4. The highest BCUT2D eigenvalue weighted by Gasteiger charge is 2.10. The van der Waals surface area contributed by atoms with E-state index in [2.05, 4.69) is 15.9 Å². The van der Waals surface area contributed by atoms with Gasteiger partial charge in [0.2, 0.25) is 0 Å². The van der Waals surface area contributed by atoms with E-state index in [4.69, 9.17) is 10.2 Å². The Labute approximate surface area is 116 Å². The van der Waals surface area contributed by atoms with Crippen molar-refractivity contribution in [1.82, 2.24) is 4.90 Å². The molecular weight excluding hydrogens is 298 g/mol. The molecule has 1 aromatic rings. The van der Waals surface area contributed by atoms with E-state index < -0.39 is 6.10 Å². The summed E-state index contributed by atoms with van der Waals surface area (Å²) in [7, 11) is 0. The Hall–Kier alpha value is -0.460. The van der Waals surface area contributed by atoms with Gasteiger partial charge in [0, 0.05) is 24.1 Å². The molecule has 1 unspecified atom stereocenters. The van der Waals surface area contributed by atoms with Gasteiger partial charge in [0.15, 0.2) is 0 Å². The average Bonchev–Trinajstić information content (AvgIpc) is 2.37. The summed E-state index contributed by atoms with van der Waals surface area (Å²) in [6.45, 7) is 1.82. The first-order valence-corrected chi connectivity index (χ1v) is 6.84. The van der Waals surface area contributed by atoms with Gasteiger partial charge in [-0.2, -0.15) is 0 Å². The number of hydrogen-bond donors (Lipinski definition) is 3. The highest BCUT2D eigenvalue weighted by atomic mass is 79.9. The van der Waals surface area contributed by atoms with Crippen LogP contribution in [0.5, 0.6) is 0 Å². The van der Waals surface area contributed by atoms with Crippen LogP contribution in [0.15, 0.2) is 28.7 Å². The molecule has 1 rings (SSSR count). The summed E-state index contributed by atoms with van der Waals surface area (Å²) in [5.74, 6) is 0. The summed E-state index contributed by atoms with van der Waals surface area (Å²) < 4.78 is 0.987. The van der Waals surface area contributed by atoms with Crippen LogP contribution in [0.2, 0.25) is 0 Å². The van der Waals surface area contributed by atoms with Crippen LogP contribution in [0.25, 0.3) is 0 Å². The molecule has 0 saturated carbocycles. The quantitative estimate of drug-likeness (QED) is 0.673. The van der Waals surface area contributed by atoms with Crippen molar-refractivity contribution in [3.05, 3.63) is 34.3 Å². The Bertz CT molecular complexity index is 326. The molecule has 0 amide bonds. The molecule has 18 heavy (non-hydrogen) atoms. The Balaban J connectivity index is 2.43. The topological polar surface area (TPSA) is 63.9 Å². The van der Waals surface area contributed by atoms with Gasteiger partial charge in [-0.25, -0.2) is 0 Å². The zero-order valence-corrected chi connectivity index (χ0v) is 11.9. The summed E-state index contributed by atoms with van der Waals surface area (Å²) in [4.78, 5) is 1.93. The van der Waals surface area contributed by atoms with Crippen molar-refractivity contribution in [2.24, 2.45) is 0 Å². The third kappa shape index (κ3) is 5.46. The maximum Gasteiger partial charge on any atom is 0.0802 e. The zero-order chi connectivity index (χ0) is 13.4. The lowest BCUT2D eigenvalue weighted by Gasteiger charge is -2.21. The smallest absolute Gasteiger partial charge is 0.0802 e. The molecule has 3 N–H and O–H groups in total. The zero-order valence-electron chi connectivity index (χ0n) is 10.3. The molecule has 0 spiro atoms. The first kappa shape index (κ1) is 15.6. The van der Waals surface area contributed by atoms with Crippen molar-refractivity contribution < 1.29 is 15.3 Å². The number of aliphatic hydroxyl groups excluding tert-OH is 3. The molecule has 0 aliphatic heterocycles. The van der Waals surface area contributed by atoms with Crippen molar-refractivity contribution in [3.8, 4) is 0 Å². The second kappa shape index (κ2) is 8.61. The predicted molar refractivity (Wildman–Crippen MR) is 74.3 cm³/mol. The number of rotatable bonds is 8. The predicted octanol–water partition coefficient (Wildman–Crippen LogP) is 1.16. The molecular formula is C13H20BrNO3. The van der Waals surface area contributed by atoms with Crippen molar-refractivity contribution in [2.45, 2.75) is 12.5 Å². The molecule has 4 nitrogen and oxygen atoms in total. The normalized spacial score (nSPS) is 12.9. The second-order valence-electron chi connectivity index (χ2n) is 4.14. The van der Waals surface area contributed by atoms with Crippen LogP contribution in [0.1, 0.15) is 18.1 Å². The maximum atomic E-state index is 10.0. The standard InChI is InChI=1S/C13H20BrNO3/c14-12-3-1-11(2-4-12)13(18)5-6-15(7-9-16)8-10-17/h1-4,13,16-18H,5-10H2. The average molecular weight is 318 g/mol. The van der Waals surface area contributed by atoms with E-state index in [0.29, 0.717) is 26.1 Å². The molecule has 0 bridgehead atoms. The summed E-state index contributed by atoms with van der Waals surface area (Å²) in [5.41, 5.74) is 0.881. The molecule has 0 heterocycles. The van der Waals surface area contributed by atoms with Crippen LogP contribution in [0.4, 0.5) is 0 Å². The molecule has 0 aliphatic rings. The monoisotopic (exact) mass is 317 g/mol. The Morgan fingerprint density at radius 2 is 1.56 bits per heavy atom. The van der Waals surface area contributed by atoms with E-state index in [1.165, 1.54) is 0 Å². The van der Waals surface area contributed by atoms with E-state index in [9.17, 15) is 5.11 Å². The summed E-state index contributed by atoms with van der Waals surface area (Å²) >= 11 is 3.35. The molecule has 0 saturated heterocycles. The van der Waals surface area contributed by atoms with Gasteiger partial charge in [-0.1, -0.05) is 28.1 Å². The largest absolute Gasteiger partial charge is 0.395 e. The van der Waals surface area contributed by atoms with Gasteiger partial charge in [0.1, 0.15) is 0 Å². The summed E-state index contributed by atoms with van der Waals surface area (Å²) in [6, 6.07) is 7.57. The van der Waals surface area contributed by atoms with Gasteiger partial charge in [0.25, 0.3) is 0 Å². The minimum atomic E-state index is -0.516. The fourth-order valence-electron chi connectivity index (χ4n) is 1.77. The van der Waals surface area contributed by atoms with Crippen LogP contribution < -0.4 is 0 Å². The Kier molecular flexibility index (Phi) is 7.46. The minimum Gasteiger partial charge on any atom is -0.395 e. The van der Waals surface area contributed by atoms with E-state index >= 15 is 0 Å².